The van der Waals surface area contributed by atoms with E-state index in [2.05, 4.69) is 20.2 Å². The molecule has 0 radical (unpaired) electrons. The number of alkyl halides is 3. The zero-order valence-corrected chi connectivity index (χ0v) is 24.3. The molecule has 1 aliphatic carbocycles. The topological polar surface area (TPSA) is 87.7 Å². The molecule has 0 aromatic carbocycles. The maximum Gasteiger partial charge on any atom is 0.410 e. The molecule has 13 heteroatoms. The summed E-state index contributed by atoms with van der Waals surface area (Å²) in [4.78, 5) is 39.3. The van der Waals surface area contributed by atoms with Crippen LogP contribution in [0.15, 0.2) is 12.4 Å². The third-order valence-electron chi connectivity index (χ3n) is 7.50. The molecule has 3 aliphatic rings. The summed E-state index contributed by atoms with van der Waals surface area (Å²) in [6.45, 7) is 7.29. The molecule has 2 aromatic heterocycles. The minimum absolute atomic E-state index is 0. The number of nitrogens with one attached hydrogen (secondary N) is 1. The molecule has 0 bridgehead atoms. The Morgan fingerprint density at radius 3 is 2.59 bits per heavy atom. The average Bonchev–Trinajstić information content (AvgIpc) is 3.34. The zero-order valence-electron chi connectivity index (χ0n) is 22.4. The molecule has 1 saturated carbocycles. The van der Waals surface area contributed by atoms with Gasteiger partial charge >= 0.3 is 12.3 Å². The van der Waals surface area contributed by atoms with E-state index in [4.69, 9.17) is 4.74 Å². The van der Waals surface area contributed by atoms with E-state index in [1.54, 1.807) is 11.0 Å². The number of aromatic nitrogens is 2. The van der Waals surface area contributed by atoms with E-state index in [0.717, 1.165) is 37.0 Å². The van der Waals surface area contributed by atoms with Crippen molar-refractivity contribution in [1.82, 2.24) is 20.2 Å². The smallest absolute Gasteiger partial charge is 0.410 e. The van der Waals surface area contributed by atoms with Gasteiger partial charge in [-0.2, -0.15) is 26.7 Å². The Morgan fingerprint density at radius 1 is 1.18 bits per heavy atom. The summed E-state index contributed by atoms with van der Waals surface area (Å²) >= 11 is 1.04. The van der Waals surface area contributed by atoms with Crippen LogP contribution in [0.2, 0.25) is 0 Å². The number of hydrogen-bond donors (Lipinski definition) is 1. The highest BCUT2D eigenvalue weighted by Gasteiger charge is 2.56. The summed E-state index contributed by atoms with van der Waals surface area (Å²) in [6.07, 6.45) is 0.630. The number of nitrogens with zero attached hydrogens (tertiary/aromatic N) is 4. The number of ether oxygens (including phenoxy) is 1. The van der Waals surface area contributed by atoms with Gasteiger partial charge in [0.25, 0.3) is 0 Å². The molecular weight excluding hydrogens is 551 g/mol. The van der Waals surface area contributed by atoms with Gasteiger partial charge in [-0.05, 0) is 70.8 Å². The molecule has 2 amide bonds. The fourth-order valence-corrected chi connectivity index (χ4v) is 6.54. The largest absolute Gasteiger partial charge is 0.444 e. The summed E-state index contributed by atoms with van der Waals surface area (Å²) < 4.78 is 44.4. The first kappa shape index (κ1) is 29.7. The van der Waals surface area contributed by atoms with E-state index in [1.807, 2.05) is 20.8 Å². The Bertz CT molecular complexity index is 1210. The van der Waals surface area contributed by atoms with Crippen molar-refractivity contribution in [3.05, 3.63) is 17.3 Å². The first-order valence-corrected chi connectivity index (χ1v) is 14.0. The molecule has 8 nitrogen and oxygen atoms in total. The van der Waals surface area contributed by atoms with Crippen molar-refractivity contribution in [3.63, 3.8) is 0 Å². The number of carbonyl (C=O) groups is 2. The molecule has 5 rings (SSSR count). The molecule has 2 aliphatic heterocycles. The van der Waals surface area contributed by atoms with Crippen molar-refractivity contribution in [2.24, 2.45) is 5.41 Å². The maximum atomic E-state index is 13.4. The van der Waals surface area contributed by atoms with Crippen molar-refractivity contribution in [3.8, 4) is 0 Å². The van der Waals surface area contributed by atoms with Gasteiger partial charge in [-0.25, -0.2) is 14.8 Å². The van der Waals surface area contributed by atoms with Gasteiger partial charge in [-0.15, -0.1) is 11.3 Å². The molecule has 1 N–H and O–H groups in total. The number of amides is 2. The van der Waals surface area contributed by atoms with Gasteiger partial charge in [0.2, 0.25) is 5.91 Å². The molecule has 39 heavy (non-hydrogen) atoms. The standard InChI is InChI=1S/C26H34F3N5O3S.H2S/c1-24(2,3)37-23(36)34-14-25(7-8-25)13-19(34)21(35)32-16-5-4-9-33(10-6-16)20-18-11-17(12-26(27,28)29)38-22(18)31-15-30-20;/h11,15-16,19H,4-10,12-14H2,1-3H3,(H,32,35);1H2. The van der Waals surface area contributed by atoms with Gasteiger partial charge in [0.1, 0.15) is 28.6 Å². The highest BCUT2D eigenvalue weighted by atomic mass is 32.1. The van der Waals surface area contributed by atoms with E-state index in [-0.39, 0.29) is 35.7 Å². The number of anilines is 1. The Hall–Kier alpha value is -2.28. The van der Waals surface area contributed by atoms with Crippen LogP contribution in [-0.2, 0) is 16.0 Å². The maximum absolute atomic E-state index is 13.4. The van der Waals surface area contributed by atoms with Crippen LogP contribution in [0, 0.1) is 5.41 Å². The number of halogens is 3. The third-order valence-corrected chi connectivity index (χ3v) is 8.55. The first-order valence-electron chi connectivity index (χ1n) is 13.2. The zero-order chi connectivity index (χ0) is 27.3. The van der Waals surface area contributed by atoms with Crippen LogP contribution in [0.1, 0.15) is 64.2 Å². The number of hydrogen-bond acceptors (Lipinski definition) is 7. The van der Waals surface area contributed by atoms with E-state index < -0.39 is 30.3 Å². The second-order valence-corrected chi connectivity index (χ2v) is 13.0. The lowest BCUT2D eigenvalue weighted by Gasteiger charge is -2.29. The van der Waals surface area contributed by atoms with Crippen molar-refractivity contribution < 1.29 is 27.5 Å². The Labute approximate surface area is 237 Å². The lowest BCUT2D eigenvalue weighted by atomic mass is 10.0. The second kappa shape index (κ2) is 10.9. The number of rotatable bonds is 4. The molecule has 1 spiro atoms. The predicted octanol–water partition coefficient (Wildman–Crippen LogP) is 5.17. The first-order chi connectivity index (χ1) is 17.8. The summed E-state index contributed by atoms with van der Waals surface area (Å²) in [5.41, 5.74) is -0.590. The fourth-order valence-electron chi connectivity index (χ4n) is 5.52. The molecule has 2 saturated heterocycles. The minimum atomic E-state index is -4.28. The van der Waals surface area contributed by atoms with E-state index >= 15 is 0 Å². The average molecular weight is 588 g/mol. The molecular formula is C26H36F3N5O3S2. The molecule has 4 heterocycles. The van der Waals surface area contributed by atoms with Crippen molar-refractivity contribution >= 4 is 52.9 Å². The normalized spacial score (nSPS) is 22.9. The molecule has 216 valence electrons. The van der Waals surface area contributed by atoms with Gasteiger partial charge < -0.3 is 15.0 Å². The number of fused-ring (bicyclic) bond motifs is 1. The van der Waals surface area contributed by atoms with Gasteiger partial charge in [0, 0.05) is 30.6 Å². The predicted molar refractivity (Wildman–Crippen MR) is 149 cm³/mol. The third kappa shape index (κ3) is 7.08. The van der Waals surface area contributed by atoms with Crippen molar-refractivity contribution in [2.75, 3.05) is 24.5 Å². The number of thiophene rings is 1. The van der Waals surface area contributed by atoms with Gasteiger partial charge in [-0.1, -0.05) is 0 Å². The van der Waals surface area contributed by atoms with Crippen LogP contribution in [0.5, 0.6) is 0 Å². The van der Waals surface area contributed by atoms with Gasteiger partial charge in [0.05, 0.1) is 11.8 Å². The van der Waals surface area contributed by atoms with Gasteiger partial charge in [0.15, 0.2) is 0 Å². The molecule has 2 atom stereocenters. The molecule has 3 fully saturated rings. The summed E-state index contributed by atoms with van der Waals surface area (Å²) in [6, 6.07) is 0.946. The Kier molecular flexibility index (Phi) is 8.33. The highest BCUT2D eigenvalue weighted by Crippen LogP contribution is 2.55. The highest BCUT2D eigenvalue weighted by molar-refractivity contribution is 7.59. The van der Waals surface area contributed by atoms with Crippen LogP contribution in [-0.4, -0.2) is 70.4 Å². The van der Waals surface area contributed by atoms with Gasteiger partial charge in [-0.3, -0.25) is 9.69 Å². The van der Waals surface area contributed by atoms with E-state index in [9.17, 15) is 22.8 Å². The second-order valence-electron chi connectivity index (χ2n) is 11.9. The van der Waals surface area contributed by atoms with E-state index in [0.29, 0.717) is 48.5 Å². The SMILES string of the molecule is CC(C)(C)OC(=O)N1CC2(CC2)CC1C(=O)NC1CCCN(c2ncnc3sc(CC(F)(F)F)cc23)CC1.S. The monoisotopic (exact) mass is 587 g/mol. The Morgan fingerprint density at radius 2 is 1.92 bits per heavy atom. The van der Waals surface area contributed by atoms with Crippen molar-refractivity contribution in [2.45, 2.75) is 89.6 Å². The number of likely N-dealkylation sites (tertiary alicyclic amines) is 1. The lowest BCUT2D eigenvalue weighted by Crippen LogP contribution is -2.50. The van der Waals surface area contributed by atoms with E-state index in [1.165, 1.54) is 6.33 Å². The molecule has 2 aromatic rings. The minimum Gasteiger partial charge on any atom is -0.444 e. The summed E-state index contributed by atoms with van der Waals surface area (Å²) in [5, 5.41) is 3.81. The van der Waals surface area contributed by atoms with Crippen molar-refractivity contribution in [1.29, 1.82) is 0 Å². The van der Waals surface area contributed by atoms with Crippen LogP contribution in [0.4, 0.5) is 23.8 Å². The summed E-state index contributed by atoms with van der Waals surface area (Å²) in [7, 11) is 0. The quantitative estimate of drug-likeness (QED) is 0.531. The summed E-state index contributed by atoms with van der Waals surface area (Å²) in [5.74, 6) is 0.492. The van der Waals surface area contributed by atoms with Crippen LogP contribution in [0.25, 0.3) is 10.2 Å². The fraction of sp³-hybridized carbons (Fsp3) is 0.692. The molecule has 2 unspecified atom stereocenters. The Balaban J connectivity index is 0.00000353. The van der Waals surface area contributed by atoms with Crippen LogP contribution >= 0.6 is 24.8 Å². The van der Waals surface area contributed by atoms with Crippen LogP contribution < -0.4 is 10.2 Å². The van der Waals surface area contributed by atoms with Crippen LogP contribution in [0.3, 0.4) is 0 Å². The number of carbonyl (C=O) groups excluding carboxylic acids is 2. The lowest BCUT2D eigenvalue weighted by molar-refractivity contribution is -0.127.